The highest BCUT2D eigenvalue weighted by molar-refractivity contribution is 9.10. The summed E-state index contributed by atoms with van der Waals surface area (Å²) in [6.07, 6.45) is 0. The van der Waals surface area contributed by atoms with Gasteiger partial charge in [-0.15, -0.1) is 0 Å². The molecule has 98 valence electrons. The first kappa shape index (κ1) is 13.6. The molecule has 1 aliphatic rings. The van der Waals surface area contributed by atoms with Crippen LogP contribution in [0.5, 0.6) is 0 Å². The Kier molecular flexibility index (Phi) is 3.78. The van der Waals surface area contributed by atoms with Gasteiger partial charge >= 0.3 is 5.97 Å². The van der Waals surface area contributed by atoms with Gasteiger partial charge in [-0.25, -0.2) is 0 Å². The lowest BCUT2D eigenvalue weighted by molar-refractivity contribution is -0.139. The molecule has 1 aliphatic carbocycles. The minimum atomic E-state index is -0.711. The lowest BCUT2D eigenvalue weighted by atomic mass is 10.1. The number of halogens is 1. The van der Waals surface area contributed by atoms with Crippen LogP contribution in [0.4, 0.5) is 0 Å². The predicted molar refractivity (Wildman–Crippen MR) is 72.2 cm³/mol. The molecule has 1 fully saturated rings. The molecule has 0 spiro atoms. The van der Waals surface area contributed by atoms with Gasteiger partial charge in [-0.05, 0) is 23.1 Å². The molecule has 1 aromatic carbocycles. The average Bonchev–Trinajstić information content (AvgIpc) is 2.84. The van der Waals surface area contributed by atoms with Crippen LogP contribution in [0.1, 0.15) is 19.4 Å². The van der Waals surface area contributed by atoms with E-state index in [4.69, 9.17) is 9.84 Å². The summed E-state index contributed by atoms with van der Waals surface area (Å²) in [5.41, 5.74) is 0.967. The first-order chi connectivity index (χ1) is 8.43. The van der Waals surface area contributed by atoms with Crippen LogP contribution in [0, 0.1) is 17.3 Å². The Bertz CT molecular complexity index is 439. The predicted octanol–water partition coefficient (Wildman–Crippen LogP) is 3.32. The topological polar surface area (TPSA) is 46.5 Å². The molecule has 2 rings (SSSR count). The number of hydrogen-bond donors (Lipinski definition) is 1. The summed E-state index contributed by atoms with van der Waals surface area (Å²) in [7, 11) is 0. The van der Waals surface area contributed by atoms with Gasteiger partial charge in [0.1, 0.15) is 0 Å². The van der Waals surface area contributed by atoms with Crippen molar-refractivity contribution in [3.05, 3.63) is 34.3 Å². The molecule has 18 heavy (non-hydrogen) atoms. The maximum atomic E-state index is 11.0. The Morgan fingerprint density at radius 1 is 1.39 bits per heavy atom. The van der Waals surface area contributed by atoms with Crippen molar-refractivity contribution < 1.29 is 14.6 Å². The highest BCUT2D eigenvalue weighted by Crippen LogP contribution is 2.58. The summed E-state index contributed by atoms with van der Waals surface area (Å²) < 4.78 is 6.66. The second kappa shape index (κ2) is 5.02. The summed E-state index contributed by atoms with van der Waals surface area (Å²) in [5.74, 6) is -0.842. The molecule has 2 atom stereocenters. The number of carboxylic acid groups (broad SMARTS) is 1. The second-order valence-corrected chi connectivity index (χ2v) is 6.30. The van der Waals surface area contributed by atoms with Gasteiger partial charge in [0.05, 0.1) is 19.1 Å². The fourth-order valence-electron chi connectivity index (χ4n) is 2.43. The van der Waals surface area contributed by atoms with E-state index in [1.807, 2.05) is 38.1 Å². The molecule has 1 aromatic rings. The van der Waals surface area contributed by atoms with E-state index < -0.39 is 5.97 Å². The molecule has 1 N–H and O–H groups in total. The molecule has 4 heteroatoms. The number of hydrogen-bond acceptors (Lipinski definition) is 2. The molecule has 0 bridgehead atoms. The van der Waals surface area contributed by atoms with Crippen molar-refractivity contribution in [1.29, 1.82) is 0 Å². The van der Waals surface area contributed by atoms with Crippen LogP contribution < -0.4 is 0 Å². The van der Waals surface area contributed by atoms with E-state index in [9.17, 15) is 4.79 Å². The average molecular weight is 313 g/mol. The molecular formula is C14H17BrO3. The lowest BCUT2D eigenvalue weighted by Gasteiger charge is -2.05. The second-order valence-electron chi connectivity index (χ2n) is 5.39. The quantitative estimate of drug-likeness (QED) is 0.907. The van der Waals surface area contributed by atoms with Crippen LogP contribution in [-0.4, -0.2) is 17.7 Å². The van der Waals surface area contributed by atoms with Crippen LogP contribution in [0.15, 0.2) is 28.7 Å². The lowest BCUT2D eigenvalue weighted by Crippen LogP contribution is -2.04. The third-order valence-electron chi connectivity index (χ3n) is 3.80. The van der Waals surface area contributed by atoms with Crippen molar-refractivity contribution in [3.8, 4) is 0 Å². The molecule has 0 heterocycles. The van der Waals surface area contributed by atoms with Gasteiger partial charge in [-0.1, -0.05) is 41.9 Å². The van der Waals surface area contributed by atoms with E-state index in [1.165, 1.54) is 0 Å². The Hall–Kier alpha value is -0.870. The van der Waals surface area contributed by atoms with Crippen molar-refractivity contribution in [1.82, 2.24) is 0 Å². The van der Waals surface area contributed by atoms with Gasteiger partial charge in [0.25, 0.3) is 0 Å². The van der Waals surface area contributed by atoms with Gasteiger partial charge < -0.3 is 9.84 Å². The number of benzene rings is 1. The van der Waals surface area contributed by atoms with Crippen molar-refractivity contribution in [2.45, 2.75) is 20.5 Å². The Balaban J connectivity index is 1.80. The number of rotatable bonds is 5. The summed E-state index contributed by atoms with van der Waals surface area (Å²) in [6, 6.07) is 7.94. The fraction of sp³-hybridized carbons (Fsp3) is 0.500. The molecule has 0 amide bonds. The smallest absolute Gasteiger partial charge is 0.307 e. The summed E-state index contributed by atoms with van der Waals surface area (Å²) >= 11 is 3.38. The van der Waals surface area contributed by atoms with Crippen molar-refractivity contribution >= 4 is 21.9 Å². The van der Waals surface area contributed by atoms with Gasteiger partial charge in [0, 0.05) is 10.4 Å². The summed E-state index contributed by atoms with van der Waals surface area (Å²) in [4.78, 5) is 11.0. The van der Waals surface area contributed by atoms with E-state index in [-0.39, 0.29) is 17.3 Å². The third-order valence-corrected chi connectivity index (χ3v) is 4.32. The van der Waals surface area contributed by atoms with Gasteiger partial charge in [0.15, 0.2) is 0 Å². The van der Waals surface area contributed by atoms with E-state index in [1.54, 1.807) is 0 Å². The van der Waals surface area contributed by atoms with Crippen molar-refractivity contribution in [2.75, 3.05) is 6.61 Å². The van der Waals surface area contributed by atoms with Crippen molar-refractivity contribution in [3.63, 3.8) is 0 Å². The molecule has 0 radical (unpaired) electrons. The monoisotopic (exact) mass is 312 g/mol. The van der Waals surface area contributed by atoms with E-state index in [2.05, 4.69) is 15.9 Å². The molecular weight excluding hydrogens is 296 g/mol. The first-order valence-electron chi connectivity index (χ1n) is 5.98. The SMILES string of the molecule is CC1(C)C(COCc2ccc(Br)cc2)C1C(=O)O. The van der Waals surface area contributed by atoms with Gasteiger partial charge in [-0.3, -0.25) is 4.79 Å². The molecule has 2 unspecified atom stereocenters. The molecule has 0 saturated heterocycles. The fourth-order valence-corrected chi connectivity index (χ4v) is 2.69. The minimum absolute atomic E-state index is 0.130. The van der Waals surface area contributed by atoms with Crippen LogP contribution in [0.25, 0.3) is 0 Å². The van der Waals surface area contributed by atoms with Crippen LogP contribution in [0.3, 0.4) is 0 Å². The normalized spacial score (nSPS) is 24.8. The number of aliphatic carboxylic acids is 1. The summed E-state index contributed by atoms with van der Waals surface area (Å²) in [5, 5.41) is 9.05. The Morgan fingerprint density at radius 2 is 2.00 bits per heavy atom. The maximum absolute atomic E-state index is 11.0. The highest BCUT2D eigenvalue weighted by Gasteiger charge is 2.61. The van der Waals surface area contributed by atoms with Crippen LogP contribution >= 0.6 is 15.9 Å². The summed E-state index contributed by atoms with van der Waals surface area (Å²) in [6.45, 7) is 5.02. The third kappa shape index (κ3) is 2.75. The standard InChI is InChI=1S/C14H17BrO3/c1-14(2)11(12(14)13(16)17)8-18-7-9-3-5-10(15)6-4-9/h3-6,11-12H,7-8H2,1-2H3,(H,16,17). The Morgan fingerprint density at radius 3 is 2.50 bits per heavy atom. The maximum Gasteiger partial charge on any atom is 0.307 e. The van der Waals surface area contributed by atoms with Crippen LogP contribution in [0.2, 0.25) is 0 Å². The molecule has 0 aliphatic heterocycles. The molecule has 1 saturated carbocycles. The van der Waals surface area contributed by atoms with Gasteiger partial charge in [-0.2, -0.15) is 0 Å². The zero-order valence-corrected chi connectivity index (χ0v) is 12.1. The van der Waals surface area contributed by atoms with E-state index in [0.717, 1.165) is 10.0 Å². The van der Waals surface area contributed by atoms with E-state index in [0.29, 0.717) is 13.2 Å². The molecule has 0 aromatic heterocycles. The van der Waals surface area contributed by atoms with Crippen LogP contribution in [-0.2, 0) is 16.1 Å². The first-order valence-corrected chi connectivity index (χ1v) is 6.77. The minimum Gasteiger partial charge on any atom is -0.481 e. The number of ether oxygens (including phenoxy) is 1. The zero-order chi connectivity index (χ0) is 13.3. The molecule has 3 nitrogen and oxygen atoms in total. The number of carboxylic acids is 1. The van der Waals surface area contributed by atoms with Gasteiger partial charge in [0.2, 0.25) is 0 Å². The highest BCUT2D eigenvalue weighted by atomic mass is 79.9. The number of carbonyl (C=O) groups is 1. The Labute approximate surface area is 115 Å². The van der Waals surface area contributed by atoms with Crippen molar-refractivity contribution in [2.24, 2.45) is 17.3 Å². The zero-order valence-electron chi connectivity index (χ0n) is 10.5. The largest absolute Gasteiger partial charge is 0.481 e. The van der Waals surface area contributed by atoms with E-state index >= 15 is 0 Å².